The van der Waals surface area contributed by atoms with Crippen LogP contribution in [0.3, 0.4) is 0 Å². The molecule has 0 unspecified atom stereocenters. The third-order valence-corrected chi connectivity index (χ3v) is 2.25. The molecule has 0 saturated carbocycles. The van der Waals surface area contributed by atoms with Crippen molar-refractivity contribution in [2.75, 3.05) is 7.11 Å². The molecule has 16 heavy (non-hydrogen) atoms. The Morgan fingerprint density at radius 2 is 1.56 bits per heavy atom. The lowest BCUT2D eigenvalue weighted by Gasteiger charge is -2.06. The minimum Gasteiger partial charge on any atom is -0.497 e. The Bertz CT molecular complexity index is 420. The van der Waals surface area contributed by atoms with Crippen LogP contribution in [0, 0.1) is 6.07 Å². The van der Waals surface area contributed by atoms with Gasteiger partial charge in [-0.15, -0.1) is 0 Å². The van der Waals surface area contributed by atoms with Crippen LogP contribution >= 0.6 is 0 Å². The zero-order valence-electron chi connectivity index (χ0n) is 9.14. The van der Waals surface area contributed by atoms with Crippen molar-refractivity contribution in [1.29, 1.82) is 0 Å². The second kappa shape index (κ2) is 5.21. The lowest BCUT2D eigenvalue weighted by molar-refractivity contribution is 0.305. The Labute approximate surface area is 95.4 Å². The summed E-state index contributed by atoms with van der Waals surface area (Å²) in [7, 11) is 1.65. The molecule has 0 N–H and O–H groups in total. The van der Waals surface area contributed by atoms with Gasteiger partial charge < -0.3 is 9.47 Å². The summed E-state index contributed by atoms with van der Waals surface area (Å²) < 4.78 is 10.7. The number of hydrogen-bond acceptors (Lipinski definition) is 2. The molecule has 2 aromatic carbocycles. The molecular weight excluding hydrogens is 200 g/mol. The van der Waals surface area contributed by atoms with E-state index < -0.39 is 0 Å². The van der Waals surface area contributed by atoms with Gasteiger partial charge in [-0.25, -0.2) is 0 Å². The first-order chi connectivity index (χ1) is 7.88. The number of hydrogen-bond donors (Lipinski definition) is 0. The van der Waals surface area contributed by atoms with Crippen molar-refractivity contribution >= 4 is 0 Å². The second-order valence-electron chi connectivity index (χ2n) is 3.37. The van der Waals surface area contributed by atoms with Gasteiger partial charge in [0, 0.05) is 0 Å². The Morgan fingerprint density at radius 1 is 0.938 bits per heavy atom. The second-order valence-corrected chi connectivity index (χ2v) is 3.37. The van der Waals surface area contributed by atoms with Crippen LogP contribution in [-0.2, 0) is 6.61 Å². The van der Waals surface area contributed by atoms with E-state index >= 15 is 0 Å². The topological polar surface area (TPSA) is 18.5 Å². The first-order valence-electron chi connectivity index (χ1n) is 5.10. The monoisotopic (exact) mass is 213 g/mol. The standard InChI is InChI=1S/C14H13O2/c1-15-13-7-9-14(10-8-13)16-11-12-5-3-2-4-6-12/h3-10H,11H2,1H3. The molecule has 0 fully saturated rings. The van der Waals surface area contributed by atoms with Crippen LogP contribution in [0.4, 0.5) is 0 Å². The first kappa shape index (κ1) is 10.6. The van der Waals surface area contributed by atoms with E-state index in [4.69, 9.17) is 9.47 Å². The molecule has 2 heteroatoms. The van der Waals surface area contributed by atoms with Crippen LogP contribution in [0.5, 0.6) is 11.5 Å². The van der Waals surface area contributed by atoms with Crippen LogP contribution in [0.2, 0.25) is 0 Å². The summed E-state index contributed by atoms with van der Waals surface area (Å²) in [6, 6.07) is 18.3. The van der Waals surface area contributed by atoms with Crippen LogP contribution in [-0.4, -0.2) is 7.11 Å². The largest absolute Gasteiger partial charge is 0.497 e. The van der Waals surface area contributed by atoms with Gasteiger partial charge in [0.15, 0.2) is 0 Å². The maximum Gasteiger partial charge on any atom is 0.120 e. The molecule has 0 amide bonds. The lowest BCUT2D eigenvalue weighted by atomic mass is 10.2. The van der Waals surface area contributed by atoms with Crippen molar-refractivity contribution in [3.63, 3.8) is 0 Å². The average Bonchev–Trinajstić information content (AvgIpc) is 2.38. The SMILES string of the molecule is COc1ccc(OCc2cc[c]cc2)cc1. The highest BCUT2D eigenvalue weighted by Crippen LogP contribution is 2.17. The smallest absolute Gasteiger partial charge is 0.120 e. The van der Waals surface area contributed by atoms with Gasteiger partial charge in [0.1, 0.15) is 18.1 Å². The molecule has 81 valence electrons. The van der Waals surface area contributed by atoms with Crippen molar-refractivity contribution in [1.82, 2.24) is 0 Å². The molecule has 0 atom stereocenters. The minimum absolute atomic E-state index is 0.570. The van der Waals surface area contributed by atoms with E-state index in [9.17, 15) is 0 Å². The van der Waals surface area contributed by atoms with Gasteiger partial charge in [-0.2, -0.15) is 0 Å². The quantitative estimate of drug-likeness (QED) is 0.777. The van der Waals surface area contributed by atoms with Crippen molar-refractivity contribution < 1.29 is 9.47 Å². The summed E-state index contributed by atoms with van der Waals surface area (Å²) in [5, 5.41) is 0. The van der Waals surface area contributed by atoms with Crippen molar-refractivity contribution in [3.05, 3.63) is 60.2 Å². The summed E-state index contributed by atoms with van der Waals surface area (Å²) in [5.74, 6) is 1.68. The molecule has 0 aliphatic rings. The zero-order valence-corrected chi connectivity index (χ0v) is 9.14. The summed E-state index contributed by atoms with van der Waals surface area (Å²) in [6.45, 7) is 0.570. The molecule has 0 aliphatic carbocycles. The average molecular weight is 213 g/mol. The van der Waals surface area contributed by atoms with Gasteiger partial charge in [0.05, 0.1) is 7.11 Å². The molecule has 2 aromatic rings. The van der Waals surface area contributed by atoms with Gasteiger partial charge in [-0.3, -0.25) is 0 Å². The Morgan fingerprint density at radius 3 is 2.19 bits per heavy atom. The summed E-state index contributed by atoms with van der Waals surface area (Å²) in [5.41, 5.74) is 1.13. The highest BCUT2D eigenvalue weighted by atomic mass is 16.5. The van der Waals surface area contributed by atoms with Gasteiger partial charge in [0.2, 0.25) is 0 Å². The predicted molar refractivity (Wildman–Crippen MR) is 62.6 cm³/mol. The lowest BCUT2D eigenvalue weighted by Crippen LogP contribution is -1.94. The molecule has 1 radical (unpaired) electrons. The third kappa shape index (κ3) is 2.76. The zero-order chi connectivity index (χ0) is 11.2. The van der Waals surface area contributed by atoms with E-state index in [1.54, 1.807) is 7.11 Å². The first-order valence-corrected chi connectivity index (χ1v) is 5.10. The number of ether oxygens (including phenoxy) is 2. The van der Waals surface area contributed by atoms with Gasteiger partial charge in [0.25, 0.3) is 0 Å². The Kier molecular flexibility index (Phi) is 3.44. The third-order valence-electron chi connectivity index (χ3n) is 2.25. The van der Waals surface area contributed by atoms with Crippen molar-refractivity contribution in [2.45, 2.75) is 6.61 Å². The summed E-state index contributed by atoms with van der Waals surface area (Å²) in [6.07, 6.45) is 0. The molecule has 0 heterocycles. The molecule has 2 nitrogen and oxygen atoms in total. The summed E-state index contributed by atoms with van der Waals surface area (Å²) >= 11 is 0. The van der Waals surface area contributed by atoms with E-state index in [0.29, 0.717) is 6.61 Å². The van der Waals surface area contributed by atoms with Crippen LogP contribution in [0.15, 0.2) is 48.5 Å². The van der Waals surface area contributed by atoms with Gasteiger partial charge >= 0.3 is 0 Å². The fourth-order valence-corrected chi connectivity index (χ4v) is 1.36. The molecule has 0 aliphatic heterocycles. The van der Waals surface area contributed by atoms with E-state index in [0.717, 1.165) is 17.1 Å². The van der Waals surface area contributed by atoms with E-state index in [2.05, 4.69) is 6.07 Å². The molecule has 2 rings (SSSR count). The molecule has 0 aromatic heterocycles. The Hall–Kier alpha value is -1.96. The predicted octanol–water partition coefficient (Wildman–Crippen LogP) is 3.07. The van der Waals surface area contributed by atoms with E-state index in [1.807, 2.05) is 48.5 Å². The molecule has 0 saturated heterocycles. The van der Waals surface area contributed by atoms with Crippen molar-refractivity contribution in [2.24, 2.45) is 0 Å². The fourth-order valence-electron chi connectivity index (χ4n) is 1.36. The number of rotatable bonds is 4. The molecular formula is C14H13O2. The number of benzene rings is 2. The van der Waals surface area contributed by atoms with Crippen LogP contribution in [0.25, 0.3) is 0 Å². The van der Waals surface area contributed by atoms with E-state index in [1.165, 1.54) is 0 Å². The highest BCUT2D eigenvalue weighted by molar-refractivity contribution is 5.31. The van der Waals surface area contributed by atoms with Crippen LogP contribution < -0.4 is 9.47 Å². The maximum absolute atomic E-state index is 5.62. The molecule has 0 bridgehead atoms. The summed E-state index contributed by atoms with van der Waals surface area (Å²) in [4.78, 5) is 0. The highest BCUT2D eigenvalue weighted by Gasteiger charge is 1.96. The maximum atomic E-state index is 5.62. The van der Waals surface area contributed by atoms with E-state index in [-0.39, 0.29) is 0 Å². The van der Waals surface area contributed by atoms with Gasteiger partial charge in [-0.1, -0.05) is 24.3 Å². The van der Waals surface area contributed by atoms with Gasteiger partial charge in [-0.05, 0) is 35.9 Å². The minimum atomic E-state index is 0.570. The normalized spacial score (nSPS) is 9.81. The van der Waals surface area contributed by atoms with Crippen molar-refractivity contribution in [3.8, 4) is 11.5 Å². The Balaban J connectivity index is 1.94. The number of methoxy groups -OCH3 is 1. The molecule has 0 spiro atoms. The fraction of sp³-hybridized carbons (Fsp3) is 0.143. The van der Waals surface area contributed by atoms with Crippen LogP contribution in [0.1, 0.15) is 5.56 Å².